The smallest absolute Gasteiger partial charge is 0.289 e. The van der Waals surface area contributed by atoms with Crippen molar-refractivity contribution < 1.29 is 18.7 Å². The first-order valence-electron chi connectivity index (χ1n) is 10.6. The number of nitrogens with zero attached hydrogens (tertiary/aromatic N) is 1. The number of piperidine rings is 1. The van der Waals surface area contributed by atoms with E-state index in [2.05, 4.69) is 17.4 Å². The molecule has 0 radical (unpaired) electrons. The molecule has 31 heavy (non-hydrogen) atoms. The predicted octanol–water partition coefficient (Wildman–Crippen LogP) is 4.39. The third-order valence-corrected chi connectivity index (χ3v) is 5.52. The number of rotatable bonds is 7. The lowest BCUT2D eigenvalue weighted by molar-refractivity contribution is -0.121. The molecule has 1 aliphatic heterocycles. The monoisotopic (exact) mass is 418 g/mol. The van der Waals surface area contributed by atoms with Crippen molar-refractivity contribution >= 4 is 17.5 Å². The Balaban J connectivity index is 1.29. The fourth-order valence-electron chi connectivity index (χ4n) is 3.75. The van der Waals surface area contributed by atoms with E-state index in [0.29, 0.717) is 49.7 Å². The molecule has 2 amide bonds. The van der Waals surface area contributed by atoms with E-state index < -0.39 is 0 Å². The van der Waals surface area contributed by atoms with Crippen molar-refractivity contribution in [2.24, 2.45) is 5.92 Å². The number of carbonyl (C=O) groups excluding carboxylic acids is 2. The van der Waals surface area contributed by atoms with Crippen LogP contribution in [0, 0.1) is 5.92 Å². The van der Waals surface area contributed by atoms with E-state index in [1.807, 2.05) is 42.5 Å². The Labute approximate surface area is 181 Å². The van der Waals surface area contributed by atoms with Gasteiger partial charge in [-0.15, -0.1) is 0 Å². The molecular weight excluding hydrogens is 392 g/mol. The SMILES string of the molecule is O=C(Nc1ccccc1OCCc1ccccc1)C1CCN(C(=O)c2ccco2)CC1. The molecule has 160 valence electrons. The van der Waals surface area contributed by atoms with Gasteiger partial charge in [-0.2, -0.15) is 0 Å². The van der Waals surface area contributed by atoms with Crippen molar-refractivity contribution in [1.29, 1.82) is 0 Å². The van der Waals surface area contributed by atoms with Crippen LogP contribution in [-0.2, 0) is 11.2 Å². The van der Waals surface area contributed by atoms with E-state index in [1.54, 1.807) is 17.0 Å². The zero-order valence-electron chi connectivity index (χ0n) is 17.3. The summed E-state index contributed by atoms with van der Waals surface area (Å²) in [5.74, 6) is 0.699. The largest absolute Gasteiger partial charge is 0.491 e. The van der Waals surface area contributed by atoms with Crippen LogP contribution in [0.1, 0.15) is 29.0 Å². The molecule has 6 nitrogen and oxygen atoms in total. The second-order valence-corrected chi connectivity index (χ2v) is 7.61. The summed E-state index contributed by atoms with van der Waals surface area (Å²) in [5.41, 5.74) is 1.88. The zero-order valence-corrected chi connectivity index (χ0v) is 17.3. The summed E-state index contributed by atoms with van der Waals surface area (Å²) in [6.07, 6.45) is 3.53. The maximum Gasteiger partial charge on any atom is 0.289 e. The molecule has 1 saturated heterocycles. The van der Waals surface area contributed by atoms with Crippen molar-refractivity contribution in [2.75, 3.05) is 25.0 Å². The highest BCUT2D eigenvalue weighted by Gasteiger charge is 2.29. The number of furan rings is 1. The van der Waals surface area contributed by atoms with Crippen LogP contribution in [0.5, 0.6) is 5.75 Å². The number of benzene rings is 2. The average molecular weight is 418 g/mol. The molecular formula is C25H26N2O4. The van der Waals surface area contributed by atoms with Gasteiger partial charge in [-0.3, -0.25) is 9.59 Å². The molecule has 0 atom stereocenters. The lowest BCUT2D eigenvalue weighted by Crippen LogP contribution is -2.41. The molecule has 2 heterocycles. The van der Waals surface area contributed by atoms with Crippen LogP contribution in [0.2, 0.25) is 0 Å². The first-order chi connectivity index (χ1) is 15.2. The second kappa shape index (κ2) is 9.98. The van der Waals surface area contributed by atoms with Crippen LogP contribution in [0.3, 0.4) is 0 Å². The summed E-state index contributed by atoms with van der Waals surface area (Å²) >= 11 is 0. The zero-order chi connectivity index (χ0) is 21.5. The van der Waals surface area contributed by atoms with Gasteiger partial charge in [0.25, 0.3) is 5.91 Å². The second-order valence-electron chi connectivity index (χ2n) is 7.61. The maximum atomic E-state index is 12.8. The van der Waals surface area contributed by atoms with Gasteiger partial charge in [0.2, 0.25) is 5.91 Å². The molecule has 1 aliphatic rings. The highest BCUT2D eigenvalue weighted by Crippen LogP contribution is 2.27. The van der Waals surface area contributed by atoms with E-state index in [9.17, 15) is 9.59 Å². The lowest BCUT2D eigenvalue weighted by Gasteiger charge is -2.30. The number of hydrogen-bond donors (Lipinski definition) is 1. The number of ether oxygens (including phenoxy) is 1. The van der Waals surface area contributed by atoms with E-state index in [-0.39, 0.29) is 17.7 Å². The maximum absolute atomic E-state index is 12.8. The standard InChI is InChI=1S/C25H26N2O4/c28-24(20-12-15-27(16-13-20)25(29)23-11-6-17-30-23)26-21-9-4-5-10-22(21)31-18-14-19-7-2-1-3-8-19/h1-11,17,20H,12-16,18H2,(H,26,28). The summed E-state index contributed by atoms with van der Waals surface area (Å²) in [6, 6.07) is 21.0. The molecule has 1 N–H and O–H groups in total. The van der Waals surface area contributed by atoms with Gasteiger partial charge < -0.3 is 19.4 Å². The van der Waals surface area contributed by atoms with Crippen LogP contribution in [0.25, 0.3) is 0 Å². The fraction of sp³-hybridized carbons (Fsp3) is 0.280. The van der Waals surface area contributed by atoms with Crippen LogP contribution in [-0.4, -0.2) is 36.4 Å². The van der Waals surface area contributed by atoms with Crippen molar-refractivity contribution in [3.05, 3.63) is 84.3 Å². The molecule has 2 aromatic carbocycles. The predicted molar refractivity (Wildman–Crippen MR) is 118 cm³/mol. The molecule has 3 aromatic rings. The Bertz CT molecular complexity index is 993. The molecule has 1 aromatic heterocycles. The molecule has 6 heteroatoms. The Morgan fingerprint density at radius 3 is 2.45 bits per heavy atom. The van der Waals surface area contributed by atoms with E-state index in [1.165, 1.54) is 11.8 Å². The minimum absolute atomic E-state index is 0.0378. The number of hydrogen-bond acceptors (Lipinski definition) is 4. The van der Waals surface area contributed by atoms with Gasteiger partial charge in [0, 0.05) is 25.4 Å². The number of para-hydroxylation sites is 2. The van der Waals surface area contributed by atoms with Crippen molar-refractivity contribution in [3.63, 3.8) is 0 Å². The van der Waals surface area contributed by atoms with E-state index >= 15 is 0 Å². The highest BCUT2D eigenvalue weighted by atomic mass is 16.5. The van der Waals surface area contributed by atoms with Crippen molar-refractivity contribution in [3.8, 4) is 5.75 Å². The molecule has 0 unspecified atom stereocenters. The number of nitrogens with one attached hydrogen (secondary N) is 1. The Morgan fingerprint density at radius 2 is 1.71 bits per heavy atom. The van der Waals surface area contributed by atoms with Crippen molar-refractivity contribution in [2.45, 2.75) is 19.3 Å². The molecule has 0 saturated carbocycles. The van der Waals surface area contributed by atoms with Crippen LogP contribution in [0.15, 0.2) is 77.4 Å². The van der Waals surface area contributed by atoms with E-state index in [4.69, 9.17) is 9.15 Å². The number of amides is 2. The van der Waals surface area contributed by atoms with Gasteiger partial charge in [-0.05, 0) is 42.7 Å². The van der Waals surface area contributed by atoms with Gasteiger partial charge in [0.05, 0.1) is 18.6 Å². The fourth-order valence-corrected chi connectivity index (χ4v) is 3.75. The van der Waals surface area contributed by atoms with Crippen LogP contribution in [0.4, 0.5) is 5.69 Å². The quantitative estimate of drug-likeness (QED) is 0.618. The number of anilines is 1. The van der Waals surface area contributed by atoms with Gasteiger partial charge in [-0.25, -0.2) is 0 Å². The van der Waals surface area contributed by atoms with Gasteiger partial charge in [-0.1, -0.05) is 42.5 Å². The summed E-state index contributed by atoms with van der Waals surface area (Å²) in [4.78, 5) is 27.0. The summed E-state index contributed by atoms with van der Waals surface area (Å²) in [7, 11) is 0. The molecule has 0 spiro atoms. The first-order valence-corrected chi connectivity index (χ1v) is 10.6. The number of likely N-dealkylation sites (tertiary alicyclic amines) is 1. The van der Waals surface area contributed by atoms with Gasteiger partial charge in [0.15, 0.2) is 5.76 Å². The Kier molecular flexibility index (Phi) is 6.67. The molecule has 0 bridgehead atoms. The minimum atomic E-state index is -0.141. The van der Waals surface area contributed by atoms with Gasteiger partial charge in [0.1, 0.15) is 5.75 Å². The highest BCUT2D eigenvalue weighted by molar-refractivity contribution is 5.95. The van der Waals surface area contributed by atoms with Gasteiger partial charge >= 0.3 is 0 Å². The molecule has 4 rings (SSSR count). The lowest BCUT2D eigenvalue weighted by atomic mass is 9.95. The normalized spacial score (nSPS) is 14.3. The summed E-state index contributed by atoms with van der Waals surface area (Å²) in [5, 5.41) is 3.01. The third-order valence-electron chi connectivity index (χ3n) is 5.52. The summed E-state index contributed by atoms with van der Waals surface area (Å²) in [6.45, 7) is 1.60. The van der Waals surface area contributed by atoms with Crippen LogP contribution >= 0.6 is 0 Å². The molecule has 1 fully saturated rings. The van der Waals surface area contributed by atoms with E-state index in [0.717, 1.165) is 6.42 Å². The molecule has 0 aliphatic carbocycles. The Hall–Kier alpha value is -3.54. The third kappa shape index (κ3) is 5.34. The topological polar surface area (TPSA) is 71.8 Å². The average Bonchev–Trinajstić information content (AvgIpc) is 3.35. The minimum Gasteiger partial charge on any atom is -0.491 e. The Morgan fingerprint density at radius 1 is 0.968 bits per heavy atom. The first kappa shape index (κ1) is 20.7. The van der Waals surface area contributed by atoms with Crippen LogP contribution < -0.4 is 10.1 Å². The summed E-state index contributed by atoms with van der Waals surface area (Å²) < 4.78 is 11.1. The number of carbonyl (C=O) groups is 2. The van der Waals surface area contributed by atoms with Crippen molar-refractivity contribution in [1.82, 2.24) is 4.90 Å².